The molecule has 0 saturated heterocycles. The highest BCUT2D eigenvalue weighted by Crippen LogP contribution is 2.35. The molecule has 1 atom stereocenters. The van der Waals surface area contributed by atoms with Crippen LogP contribution in [0.4, 0.5) is 4.79 Å². The summed E-state index contributed by atoms with van der Waals surface area (Å²) in [7, 11) is 0. The molecule has 1 aliphatic carbocycles. The molecule has 1 aromatic heterocycles. The van der Waals surface area contributed by atoms with Gasteiger partial charge >= 0.3 is 12.1 Å². The summed E-state index contributed by atoms with van der Waals surface area (Å²) in [6, 6.07) is 0.198. The van der Waals surface area contributed by atoms with Crippen molar-refractivity contribution < 1.29 is 19.4 Å². The summed E-state index contributed by atoms with van der Waals surface area (Å²) in [5, 5.41) is 11.7. The van der Waals surface area contributed by atoms with E-state index in [4.69, 9.17) is 9.84 Å². The normalized spacial score (nSPS) is 16.0. The van der Waals surface area contributed by atoms with Gasteiger partial charge in [-0.3, -0.25) is 4.79 Å². The van der Waals surface area contributed by atoms with Gasteiger partial charge < -0.3 is 19.7 Å². The Labute approximate surface area is 136 Å². The van der Waals surface area contributed by atoms with Crippen LogP contribution in [0.1, 0.15) is 58.2 Å². The number of carbonyl (C=O) groups is 2. The molecule has 0 aliphatic heterocycles. The van der Waals surface area contributed by atoms with Gasteiger partial charge in [-0.1, -0.05) is 0 Å². The first-order chi connectivity index (χ1) is 10.7. The molecule has 0 spiro atoms. The second-order valence-corrected chi connectivity index (χ2v) is 7.00. The number of rotatable bonds is 7. The van der Waals surface area contributed by atoms with Crippen molar-refractivity contribution in [3.8, 4) is 0 Å². The first-order valence-corrected chi connectivity index (χ1v) is 7.96. The lowest BCUT2D eigenvalue weighted by Crippen LogP contribution is -2.40. The summed E-state index contributed by atoms with van der Waals surface area (Å²) in [6.45, 7) is 5.38. The topological polar surface area (TPSA) is 93.4 Å². The van der Waals surface area contributed by atoms with Gasteiger partial charge in [0, 0.05) is 36.8 Å². The fourth-order valence-corrected chi connectivity index (χ4v) is 2.42. The van der Waals surface area contributed by atoms with E-state index in [2.05, 4.69) is 14.9 Å². The number of carboxylic acid groups (broad SMARTS) is 1. The molecule has 0 bridgehead atoms. The molecule has 0 radical (unpaired) electrons. The third-order valence-electron chi connectivity index (χ3n) is 3.57. The van der Waals surface area contributed by atoms with E-state index in [0.717, 1.165) is 18.5 Å². The maximum absolute atomic E-state index is 12.0. The SMILES string of the molecule is CC(C)(C)OC(=O)NC(CCC(=O)O)Cc1cncn1C1CC1. The van der Waals surface area contributed by atoms with Crippen molar-refractivity contribution in [3.05, 3.63) is 18.2 Å². The number of amides is 1. The summed E-state index contributed by atoms with van der Waals surface area (Å²) in [5.74, 6) is -0.878. The smallest absolute Gasteiger partial charge is 0.407 e. The minimum Gasteiger partial charge on any atom is -0.481 e. The van der Waals surface area contributed by atoms with E-state index in [-0.39, 0.29) is 12.5 Å². The van der Waals surface area contributed by atoms with Gasteiger partial charge in [-0.2, -0.15) is 0 Å². The van der Waals surface area contributed by atoms with E-state index < -0.39 is 17.7 Å². The Balaban J connectivity index is 1.99. The van der Waals surface area contributed by atoms with Crippen LogP contribution in [0.25, 0.3) is 0 Å². The molecule has 1 aliphatic rings. The van der Waals surface area contributed by atoms with Crippen molar-refractivity contribution in [2.75, 3.05) is 0 Å². The molecule has 7 nitrogen and oxygen atoms in total. The standard InChI is InChI=1S/C16H25N3O4/c1-16(2,3)23-15(22)18-11(4-7-14(20)21)8-13-9-17-10-19(13)12-5-6-12/h9-12H,4-8H2,1-3H3,(H,18,22)(H,20,21). The van der Waals surface area contributed by atoms with Crippen molar-refractivity contribution in [2.45, 2.75) is 70.6 Å². The lowest BCUT2D eigenvalue weighted by Gasteiger charge is -2.23. The third-order valence-corrected chi connectivity index (χ3v) is 3.57. The Hall–Kier alpha value is -2.05. The molecule has 1 amide bonds. The molecule has 1 saturated carbocycles. The Bertz CT molecular complexity index is 558. The number of nitrogens with one attached hydrogen (secondary N) is 1. The lowest BCUT2D eigenvalue weighted by molar-refractivity contribution is -0.137. The predicted molar refractivity (Wildman–Crippen MR) is 84.2 cm³/mol. The van der Waals surface area contributed by atoms with Crippen LogP contribution in [0.2, 0.25) is 0 Å². The maximum Gasteiger partial charge on any atom is 0.407 e. The Morgan fingerprint density at radius 2 is 2.17 bits per heavy atom. The Morgan fingerprint density at radius 1 is 1.48 bits per heavy atom. The maximum atomic E-state index is 12.0. The molecule has 23 heavy (non-hydrogen) atoms. The molecule has 7 heteroatoms. The summed E-state index contributed by atoms with van der Waals surface area (Å²) in [6.07, 6.45) is 6.24. The molecule has 1 fully saturated rings. The summed E-state index contributed by atoms with van der Waals surface area (Å²) < 4.78 is 7.38. The molecule has 1 unspecified atom stereocenters. The van der Waals surface area contributed by atoms with Gasteiger partial charge in [0.15, 0.2) is 0 Å². The zero-order valence-electron chi connectivity index (χ0n) is 13.9. The van der Waals surface area contributed by atoms with Crippen LogP contribution in [0, 0.1) is 0 Å². The molecular weight excluding hydrogens is 298 g/mol. The number of carboxylic acids is 1. The van der Waals surface area contributed by atoms with Crippen LogP contribution in [0.5, 0.6) is 0 Å². The van der Waals surface area contributed by atoms with Crippen LogP contribution in [-0.2, 0) is 16.0 Å². The Kier molecular flexibility index (Phi) is 5.28. The second-order valence-electron chi connectivity index (χ2n) is 7.00. The van der Waals surface area contributed by atoms with Crippen molar-refractivity contribution in [3.63, 3.8) is 0 Å². The number of carbonyl (C=O) groups excluding carboxylic acids is 1. The molecule has 0 aromatic carbocycles. The summed E-state index contributed by atoms with van der Waals surface area (Å²) in [4.78, 5) is 27.0. The van der Waals surface area contributed by atoms with E-state index in [1.54, 1.807) is 33.3 Å². The van der Waals surface area contributed by atoms with Gasteiger partial charge in [0.2, 0.25) is 0 Å². The molecule has 1 aromatic rings. The molecule has 2 N–H and O–H groups in total. The van der Waals surface area contributed by atoms with Crippen molar-refractivity contribution in [2.24, 2.45) is 0 Å². The number of hydrogen-bond donors (Lipinski definition) is 2. The first-order valence-electron chi connectivity index (χ1n) is 7.96. The fraction of sp³-hybridized carbons (Fsp3) is 0.688. The summed E-state index contributed by atoms with van der Waals surface area (Å²) in [5.41, 5.74) is 0.427. The minimum absolute atomic E-state index is 0.00195. The minimum atomic E-state index is -0.878. The highest BCUT2D eigenvalue weighted by atomic mass is 16.6. The van der Waals surface area contributed by atoms with Gasteiger partial charge in [0.05, 0.1) is 6.33 Å². The van der Waals surface area contributed by atoms with Crippen LogP contribution in [0.3, 0.4) is 0 Å². The van der Waals surface area contributed by atoms with Gasteiger partial charge in [-0.25, -0.2) is 9.78 Å². The van der Waals surface area contributed by atoms with Crippen LogP contribution in [0.15, 0.2) is 12.5 Å². The molecular formula is C16H25N3O4. The van der Waals surface area contributed by atoms with Crippen molar-refractivity contribution in [1.82, 2.24) is 14.9 Å². The average Bonchev–Trinajstić information content (AvgIpc) is 3.14. The number of aromatic nitrogens is 2. The zero-order valence-corrected chi connectivity index (χ0v) is 13.9. The van der Waals surface area contributed by atoms with Gasteiger partial charge in [-0.15, -0.1) is 0 Å². The monoisotopic (exact) mass is 323 g/mol. The number of aliphatic carboxylic acids is 1. The van der Waals surface area contributed by atoms with E-state index in [1.807, 2.05) is 0 Å². The highest BCUT2D eigenvalue weighted by Gasteiger charge is 2.27. The predicted octanol–water partition coefficient (Wildman–Crippen LogP) is 2.52. The largest absolute Gasteiger partial charge is 0.481 e. The average molecular weight is 323 g/mol. The van der Waals surface area contributed by atoms with Crippen molar-refractivity contribution in [1.29, 1.82) is 0 Å². The number of hydrogen-bond acceptors (Lipinski definition) is 4. The van der Waals surface area contributed by atoms with E-state index >= 15 is 0 Å². The Morgan fingerprint density at radius 3 is 2.74 bits per heavy atom. The van der Waals surface area contributed by atoms with Gasteiger partial charge in [0.1, 0.15) is 5.60 Å². The lowest BCUT2D eigenvalue weighted by atomic mass is 10.1. The van der Waals surface area contributed by atoms with Gasteiger partial charge in [-0.05, 0) is 40.0 Å². The number of imidazole rings is 1. The number of alkyl carbamates (subject to hydrolysis) is 1. The molecule has 128 valence electrons. The number of ether oxygens (including phenoxy) is 1. The van der Waals surface area contributed by atoms with Crippen LogP contribution < -0.4 is 5.32 Å². The fourth-order valence-electron chi connectivity index (χ4n) is 2.42. The van der Waals surface area contributed by atoms with Crippen LogP contribution >= 0.6 is 0 Å². The van der Waals surface area contributed by atoms with E-state index in [1.165, 1.54) is 0 Å². The first kappa shape index (κ1) is 17.3. The molecule has 2 rings (SSSR count). The number of nitrogens with zero attached hydrogens (tertiary/aromatic N) is 2. The van der Waals surface area contributed by atoms with Gasteiger partial charge in [0.25, 0.3) is 0 Å². The van der Waals surface area contributed by atoms with E-state index in [0.29, 0.717) is 18.9 Å². The summed E-state index contributed by atoms with van der Waals surface area (Å²) >= 11 is 0. The highest BCUT2D eigenvalue weighted by molar-refractivity contribution is 5.69. The quantitative estimate of drug-likeness (QED) is 0.804. The van der Waals surface area contributed by atoms with Crippen LogP contribution in [-0.4, -0.2) is 38.4 Å². The van der Waals surface area contributed by atoms with Crippen molar-refractivity contribution >= 4 is 12.1 Å². The third kappa shape index (κ3) is 5.92. The second kappa shape index (κ2) is 7.02. The van der Waals surface area contributed by atoms with E-state index in [9.17, 15) is 9.59 Å². The zero-order chi connectivity index (χ0) is 17.0. The molecule has 1 heterocycles.